The van der Waals surface area contributed by atoms with Crippen LogP contribution in [0.2, 0.25) is 0 Å². The summed E-state index contributed by atoms with van der Waals surface area (Å²) >= 11 is 1.55. The fourth-order valence-corrected chi connectivity index (χ4v) is 3.02. The van der Waals surface area contributed by atoms with Crippen LogP contribution in [-0.4, -0.2) is 16.1 Å². The standard InChI is InChI=1S/C17H13NO2S/c19-17(20)14-7-3-1-6-13(14)11-21-16-10-9-12-5-2-4-8-15(12)18-16/h1-10H,11H2,(H,19,20). The topological polar surface area (TPSA) is 50.2 Å². The van der Waals surface area contributed by atoms with E-state index in [0.29, 0.717) is 11.3 Å². The molecule has 1 N–H and O–H groups in total. The number of nitrogens with zero attached hydrogens (tertiary/aromatic N) is 1. The van der Waals surface area contributed by atoms with Gasteiger partial charge in [0.25, 0.3) is 0 Å². The number of hydrogen-bond donors (Lipinski definition) is 1. The molecule has 0 atom stereocenters. The van der Waals surface area contributed by atoms with Crippen molar-refractivity contribution >= 4 is 28.6 Å². The van der Waals surface area contributed by atoms with E-state index >= 15 is 0 Å². The minimum atomic E-state index is -0.891. The van der Waals surface area contributed by atoms with Gasteiger partial charge < -0.3 is 5.11 Å². The molecular weight excluding hydrogens is 282 g/mol. The Morgan fingerprint density at radius 1 is 1.00 bits per heavy atom. The van der Waals surface area contributed by atoms with Crippen LogP contribution in [0.4, 0.5) is 0 Å². The van der Waals surface area contributed by atoms with E-state index in [4.69, 9.17) is 0 Å². The number of carbonyl (C=O) groups is 1. The van der Waals surface area contributed by atoms with Crippen molar-refractivity contribution in [3.63, 3.8) is 0 Å². The molecule has 4 heteroatoms. The first kappa shape index (κ1) is 13.6. The average molecular weight is 295 g/mol. The van der Waals surface area contributed by atoms with Crippen molar-refractivity contribution in [3.8, 4) is 0 Å². The number of fused-ring (bicyclic) bond motifs is 1. The number of aromatic carboxylic acids is 1. The highest BCUT2D eigenvalue weighted by molar-refractivity contribution is 7.98. The summed E-state index contributed by atoms with van der Waals surface area (Å²) in [6, 6.07) is 19.0. The second kappa shape index (κ2) is 5.97. The molecule has 0 aliphatic heterocycles. The second-order valence-electron chi connectivity index (χ2n) is 4.59. The van der Waals surface area contributed by atoms with E-state index in [-0.39, 0.29) is 0 Å². The van der Waals surface area contributed by atoms with Crippen molar-refractivity contribution in [2.24, 2.45) is 0 Å². The molecule has 0 unspecified atom stereocenters. The lowest BCUT2D eigenvalue weighted by atomic mass is 10.1. The number of para-hydroxylation sites is 1. The van der Waals surface area contributed by atoms with Gasteiger partial charge in [-0.25, -0.2) is 9.78 Å². The van der Waals surface area contributed by atoms with Gasteiger partial charge in [-0.05, 0) is 23.8 Å². The quantitative estimate of drug-likeness (QED) is 0.732. The SMILES string of the molecule is O=C(O)c1ccccc1CSc1ccc2ccccc2n1. The van der Waals surface area contributed by atoms with Gasteiger partial charge in [0, 0.05) is 11.1 Å². The van der Waals surface area contributed by atoms with Gasteiger partial charge in [-0.3, -0.25) is 0 Å². The Bertz CT molecular complexity index is 801. The smallest absolute Gasteiger partial charge is 0.335 e. The molecule has 104 valence electrons. The zero-order valence-electron chi connectivity index (χ0n) is 11.2. The third-order valence-corrected chi connectivity index (χ3v) is 4.17. The maximum Gasteiger partial charge on any atom is 0.335 e. The Kier molecular flexibility index (Phi) is 3.88. The van der Waals surface area contributed by atoms with Crippen molar-refractivity contribution in [2.75, 3.05) is 0 Å². The lowest BCUT2D eigenvalue weighted by Crippen LogP contribution is -2.00. The van der Waals surface area contributed by atoms with Crippen LogP contribution >= 0.6 is 11.8 Å². The van der Waals surface area contributed by atoms with Crippen LogP contribution in [0, 0.1) is 0 Å². The number of thioether (sulfide) groups is 1. The number of hydrogen-bond acceptors (Lipinski definition) is 3. The number of pyridine rings is 1. The Morgan fingerprint density at radius 2 is 1.76 bits per heavy atom. The Morgan fingerprint density at radius 3 is 2.62 bits per heavy atom. The van der Waals surface area contributed by atoms with Crippen LogP contribution in [0.3, 0.4) is 0 Å². The van der Waals surface area contributed by atoms with Crippen molar-refractivity contribution in [1.82, 2.24) is 4.98 Å². The number of carboxylic acids is 1. The Hall–Kier alpha value is -2.33. The molecule has 1 aromatic heterocycles. The molecule has 21 heavy (non-hydrogen) atoms. The van der Waals surface area contributed by atoms with Crippen molar-refractivity contribution < 1.29 is 9.90 Å². The van der Waals surface area contributed by atoms with Crippen molar-refractivity contribution in [2.45, 2.75) is 10.8 Å². The first-order chi connectivity index (χ1) is 10.2. The molecule has 3 rings (SSSR count). The highest BCUT2D eigenvalue weighted by Gasteiger charge is 2.09. The summed E-state index contributed by atoms with van der Waals surface area (Å²) in [6.07, 6.45) is 0. The van der Waals surface area contributed by atoms with Gasteiger partial charge in [-0.15, -0.1) is 11.8 Å². The molecule has 0 amide bonds. The lowest BCUT2D eigenvalue weighted by Gasteiger charge is -2.06. The molecule has 3 aromatic rings. The molecule has 0 fully saturated rings. The van der Waals surface area contributed by atoms with Crippen LogP contribution in [-0.2, 0) is 5.75 Å². The van der Waals surface area contributed by atoms with Gasteiger partial charge in [0.05, 0.1) is 16.1 Å². The third-order valence-electron chi connectivity index (χ3n) is 3.20. The first-order valence-corrected chi connectivity index (χ1v) is 7.52. The molecular formula is C17H13NO2S. The van der Waals surface area contributed by atoms with E-state index in [1.165, 1.54) is 0 Å². The van der Waals surface area contributed by atoms with Gasteiger partial charge >= 0.3 is 5.97 Å². The third kappa shape index (κ3) is 3.06. The fraction of sp³-hybridized carbons (Fsp3) is 0.0588. The molecule has 1 heterocycles. The lowest BCUT2D eigenvalue weighted by molar-refractivity contribution is 0.0696. The van der Waals surface area contributed by atoms with Gasteiger partial charge in [0.1, 0.15) is 0 Å². The van der Waals surface area contributed by atoms with Crippen LogP contribution in [0.1, 0.15) is 15.9 Å². The summed E-state index contributed by atoms with van der Waals surface area (Å²) in [5, 5.41) is 11.2. The molecule has 0 saturated carbocycles. The van der Waals surface area contributed by atoms with E-state index < -0.39 is 5.97 Å². The monoisotopic (exact) mass is 295 g/mol. The summed E-state index contributed by atoms with van der Waals surface area (Å²) in [4.78, 5) is 15.8. The highest BCUT2D eigenvalue weighted by Crippen LogP contribution is 2.25. The zero-order chi connectivity index (χ0) is 14.7. The Balaban J connectivity index is 1.82. The predicted molar refractivity (Wildman–Crippen MR) is 84.7 cm³/mol. The molecule has 0 radical (unpaired) electrons. The van der Waals surface area contributed by atoms with Gasteiger partial charge in [0.2, 0.25) is 0 Å². The zero-order valence-corrected chi connectivity index (χ0v) is 12.0. The largest absolute Gasteiger partial charge is 0.478 e. The molecule has 0 saturated heterocycles. The summed E-state index contributed by atoms with van der Waals surface area (Å²) < 4.78 is 0. The average Bonchev–Trinajstić information content (AvgIpc) is 2.53. The number of aromatic nitrogens is 1. The van der Waals surface area contributed by atoms with Crippen LogP contribution in [0.5, 0.6) is 0 Å². The Labute approximate surface area is 126 Å². The summed E-state index contributed by atoms with van der Waals surface area (Å²) in [6.45, 7) is 0. The van der Waals surface area contributed by atoms with E-state index in [1.54, 1.807) is 23.9 Å². The molecule has 0 aliphatic rings. The van der Waals surface area contributed by atoms with E-state index in [9.17, 15) is 9.90 Å². The van der Waals surface area contributed by atoms with Crippen molar-refractivity contribution in [1.29, 1.82) is 0 Å². The van der Waals surface area contributed by atoms with Crippen LogP contribution in [0.25, 0.3) is 10.9 Å². The van der Waals surface area contributed by atoms with Crippen molar-refractivity contribution in [3.05, 3.63) is 71.8 Å². The molecule has 0 bridgehead atoms. The van der Waals surface area contributed by atoms with Gasteiger partial charge in [0.15, 0.2) is 0 Å². The number of rotatable bonds is 4. The number of benzene rings is 2. The first-order valence-electron chi connectivity index (χ1n) is 6.54. The van der Waals surface area contributed by atoms with Gasteiger partial charge in [-0.1, -0.05) is 42.5 Å². The van der Waals surface area contributed by atoms with E-state index in [0.717, 1.165) is 21.5 Å². The normalized spacial score (nSPS) is 10.7. The molecule has 0 spiro atoms. The van der Waals surface area contributed by atoms with Crippen LogP contribution < -0.4 is 0 Å². The highest BCUT2D eigenvalue weighted by atomic mass is 32.2. The minimum absolute atomic E-state index is 0.353. The maximum absolute atomic E-state index is 11.2. The predicted octanol–water partition coefficient (Wildman–Crippen LogP) is 4.23. The molecule has 2 aromatic carbocycles. The van der Waals surface area contributed by atoms with E-state index in [2.05, 4.69) is 4.98 Å². The number of carboxylic acid groups (broad SMARTS) is 1. The molecule has 3 nitrogen and oxygen atoms in total. The fourth-order valence-electron chi connectivity index (χ4n) is 2.13. The summed E-state index contributed by atoms with van der Waals surface area (Å²) in [5.74, 6) is -0.300. The van der Waals surface area contributed by atoms with Crippen LogP contribution in [0.15, 0.2) is 65.7 Å². The summed E-state index contributed by atoms with van der Waals surface area (Å²) in [7, 11) is 0. The minimum Gasteiger partial charge on any atom is -0.478 e. The van der Waals surface area contributed by atoms with Gasteiger partial charge in [-0.2, -0.15) is 0 Å². The second-order valence-corrected chi connectivity index (χ2v) is 5.59. The van der Waals surface area contributed by atoms with E-state index in [1.807, 2.05) is 48.5 Å². The summed E-state index contributed by atoms with van der Waals surface area (Å²) in [5.41, 5.74) is 2.12. The molecule has 0 aliphatic carbocycles. The maximum atomic E-state index is 11.2.